The van der Waals surface area contributed by atoms with Crippen LogP contribution in [-0.2, 0) is 9.47 Å². The van der Waals surface area contributed by atoms with Gasteiger partial charge in [0.1, 0.15) is 0 Å². The Bertz CT molecular complexity index is 2010. The van der Waals surface area contributed by atoms with Gasteiger partial charge in [0.05, 0.1) is 47.8 Å². The fourth-order valence-electron chi connectivity index (χ4n) is 5.21. The summed E-state index contributed by atoms with van der Waals surface area (Å²) in [7, 11) is 2.48. The average Bonchev–Trinajstić information content (AvgIpc) is 3.10. The monoisotopic (exact) mass is 610 g/mol. The third-order valence-electron chi connectivity index (χ3n) is 7.42. The SMILES string of the molecule is COC(=O)c1ccc(C(=O)Nc2cccc3cccnc23)c(-c2cc(C(=O)OC)ccc2C(=O)Nc2cccc3cccnc23)c1. The van der Waals surface area contributed by atoms with Crippen LogP contribution in [0.1, 0.15) is 41.4 Å². The fraction of sp³-hybridized carbons (Fsp3) is 0.0556. The van der Waals surface area contributed by atoms with Gasteiger partial charge >= 0.3 is 11.9 Å². The Morgan fingerprint density at radius 3 is 1.37 bits per heavy atom. The third kappa shape index (κ3) is 5.74. The van der Waals surface area contributed by atoms with Gasteiger partial charge in [-0.05, 0) is 71.8 Å². The van der Waals surface area contributed by atoms with E-state index in [0.717, 1.165) is 10.8 Å². The van der Waals surface area contributed by atoms with Crippen LogP contribution < -0.4 is 10.6 Å². The number of amides is 2. The second-order valence-corrected chi connectivity index (χ2v) is 10.2. The third-order valence-corrected chi connectivity index (χ3v) is 7.42. The van der Waals surface area contributed by atoms with Gasteiger partial charge in [0.2, 0.25) is 0 Å². The number of carbonyl (C=O) groups excluding carboxylic acids is 4. The zero-order valence-corrected chi connectivity index (χ0v) is 24.7. The predicted molar refractivity (Wildman–Crippen MR) is 174 cm³/mol. The molecule has 2 N–H and O–H groups in total. The van der Waals surface area contributed by atoms with E-state index in [9.17, 15) is 19.2 Å². The van der Waals surface area contributed by atoms with Gasteiger partial charge in [0.25, 0.3) is 11.8 Å². The van der Waals surface area contributed by atoms with E-state index in [4.69, 9.17) is 9.47 Å². The van der Waals surface area contributed by atoms with Crippen LogP contribution in [0.2, 0.25) is 0 Å². The molecule has 0 radical (unpaired) electrons. The molecule has 6 aromatic rings. The summed E-state index contributed by atoms with van der Waals surface area (Å²) in [5.74, 6) is -2.36. The molecule has 0 saturated carbocycles. The molecule has 4 aromatic carbocycles. The van der Waals surface area contributed by atoms with Crippen molar-refractivity contribution in [1.29, 1.82) is 0 Å². The topological polar surface area (TPSA) is 137 Å². The molecule has 0 bridgehead atoms. The minimum Gasteiger partial charge on any atom is -0.465 e. The van der Waals surface area contributed by atoms with Crippen molar-refractivity contribution in [2.75, 3.05) is 24.9 Å². The number of rotatable bonds is 7. The number of benzene rings is 4. The highest BCUT2D eigenvalue weighted by Crippen LogP contribution is 2.33. The summed E-state index contributed by atoms with van der Waals surface area (Å²) in [5.41, 5.74) is 3.05. The molecule has 10 heteroatoms. The first kappa shape index (κ1) is 29.6. The maximum atomic E-state index is 13.9. The summed E-state index contributed by atoms with van der Waals surface area (Å²) in [6.07, 6.45) is 3.26. The summed E-state index contributed by atoms with van der Waals surface area (Å²) >= 11 is 0. The molecule has 226 valence electrons. The number of anilines is 2. The van der Waals surface area contributed by atoms with Crippen molar-refractivity contribution in [3.05, 3.63) is 132 Å². The zero-order chi connectivity index (χ0) is 32.2. The molecule has 10 nitrogen and oxygen atoms in total. The molecule has 0 aliphatic heterocycles. The van der Waals surface area contributed by atoms with Gasteiger partial charge in [0, 0.05) is 34.3 Å². The molecule has 0 aliphatic rings. The van der Waals surface area contributed by atoms with E-state index in [-0.39, 0.29) is 33.4 Å². The van der Waals surface area contributed by atoms with Gasteiger partial charge in [-0.1, -0.05) is 36.4 Å². The number of hydrogen-bond donors (Lipinski definition) is 2. The average molecular weight is 611 g/mol. The first-order valence-corrected chi connectivity index (χ1v) is 14.1. The van der Waals surface area contributed by atoms with E-state index in [0.29, 0.717) is 22.4 Å². The Balaban J connectivity index is 1.50. The molecule has 2 heterocycles. The Morgan fingerprint density at radius 2 is 0.957 bits per heavy atom. The molecule has 0 unspecified atom stereocenters. The lowest BCUT2D eigenvalue weighted by atomic mass is 9.91. The van der Waals surface area contributed by atoms with Crippen LogP contribution in [0.3, 0.4) is 0 Å². The number of hydrogen-bond acceptors (Lipinski definition) is 8. The molecule has 2 aromatic heterocycles. The largest absolute Gasteiger partial charge is 0.465 e. The highest BCUT2D eigenvalue weighted by atomic mass is 16.5. The first-order valence-electron chi connectivity index (χ1n) is 14.1. The van der Waals surface area contributed by atoms with Gasteiger partial charge in [0.15, 0.2) is 0 Å². The lowest BCUT2D eigenvalue weighted by Gasteiger charge is -2.17. The molecule has 2 amide bonds. The fourth-order valence-corrected chi connectivity index (χ4v) is 5.21. The van der Waals surface area contributed by atoms with Gasteiger partial charge in [-0.25, -0.2) is 9.59 Å². The van der Waals surface area contributed by atoms with Crippen LogP contribution in [0, 0.1) is 0 Å². The Labute approximate surface area is 263 Å². The Kier molecular flexibility index (Phi) is 8.16. The quantitative estimate of drug-likeness (QED) is 0.195. The van der Waals surface area contributed by atoms with Crippen molar-refractivity contribution < 1.29 is 28.7 Å². The second kappa shape index (κ2) is 12.7. The van der Waals surface area contributed by atoms with Crippen LogP contribution in [0.25, 0.3) is 32.9 Å². The van der Waals surface area contributed by atoms with E-state index >= 15 is 0 Å². The number of esters is 2. The van der Waals surface area contributed by atoms with Crippen molar-refractivity contribution in [2.45, 2.75) is 0 Å². The molecule has 0 aliphatic carbocycles. The number of ether oxygens (including phenoxy) is 2. The molecule has 46 heavy (non-hydrogen) atoms. The number of pyridine rings is 2. The minimum atomic E-state index is -0.650. The van der Waals surface area contributed by atoms with Gasteiger partial charge < -0.3 is 20.1 Å². The lowest BCUT2D eigenvalue weighted by molar-refractivity contribution is 0.0591. The standard InChI is InChI=1S/C36H26N4O6/c1-45-35(43)23-13-15-25(33(41)39-29-11-3-7-21-9-5-17-37-31(21)29)27(19-23)28-20-24(36(44)46-2)14-16-26(28)34(42)40-30-12-4-8-22-10-6-18-38-32(22)30/h3-20H,1-2H3,(H,39,41)(H,40,42). The number of aromatic nitrogens is 2. The van der Waals surface area contributed by atoms with Crippen molar-refractivity contribution in [3.63, 3.8) is 0 Å². The summed E-state index contributed by atoms with van der Waals surface area (Å²) in [6.45, 7) is 0. The van der Waals surface area contributed by atoms with E-state index < -0.39 is 23.8 Å². The van der Waals surface area contributed by atoms with Crippen LogP contribution in [0.15, 0.2) is 109 Å². The summed E-state index contributed by atoms with van der Waals surface area (Å²) in [4.78, 5) is 62.0. The van der Waals surface area contributed by atoms with Gasteiger partial charge in [-0.2, -0.15) is 0 Å². The summed E-state index contributed by atoms with van der Waals surface area (Å²) < 4.78 is 9.88. The van der Waals surface area contributed by atoms with E-state index in [1.807, 2.05) is 24.3 Å². The van der Waals surface area contributed by atoms with E-state index in [2.05, 4.69) is 20.6 Å². The summed E-state index contributed by atoms with van der Waals surface area (Å²) in [5, 5.41) is 7.48. The number of methoxy groups -OCH3 is 2. The van der Waals surface area contributed by atoms with Crippen molar-refractivity contribution in [2.24, 2.45) is 0 Å². The Morgan fingerprint density at radius 1 is 0.543 bits per heavy atom. The van der Waals surface area contributed by atoms with Gasteiger partial charge in [-0.3, -0.25) is 19.6 Å². The lowest BCUT2D eigenvalue weighted by Crippen LogP contribution is -2.17. The van der Waals surface area contributed by atoms with Crippen molar-refractivity contribution >= 4 is 56.9 Å². The smallest absolute Gasteiger partial charge is 0.337 e. The summed E-state index contributed by atoms with van der Waals surface area (Å²) in [6, 6.07) is 26.9. The Hall–Kier alpha value is -6.42. The van der Waals surface area contributed by atoms with E-state index in [1.165, 1.54) is 50.6 Å². The molecular weight excluding hydrogens is 584 g/mol. The van der Waals surface area contributed by atoms with Crippen LogP contribution in [0.5, 0.6) is 0 Å². The van der Waals surface area contributed by atoms with E-state index in [1.54, 1.807) is 48.8 Å². The normalized spacial score (nSPS) is 10.7. The maximum absolute atomic E-state index is 13.9. The minimum absolute atomic E-state index is 0.128. The maximum Gasteiger partial charge on any atom is 0.337 e. The molecule has 0 spiro atoms. The van der Waals surface area contributed by atoms with Gasteiger partial charge in [-0.15, -0.1) is 0 Å². The second-order valence-electron chi connectivity index (χ2n) is 10.2. The zero-order valence-electron chi connectivity index (χ0n) is 24.7. The van der Waals surface area contributed by atoms with Crippen molar-refractivity contribution in [1.82, 2.24) is 9.97 Å². The molecule has 0 atom stereocenters. The highest BCUT2D eigenvalue weighted by Gasteiger charge is 2.24. The number of carbonyl (C=O) groups is 4. The van der Waals surface area contributed by atoms with Crippen LogP contribution >= 0.6 is 0 Å². The molecule has 0 saturated heterocycles. The molecule has 0 fully saturated rings. The number of fused-ring (bicyclic) bond motifs is 2. The van der Waals surface area contributed by atoms with Crippen LogP contribution in [0.4, 0.5) is 11.4 Å². The first-order chi connectivity index (χ1) is 22.4. The predicted octanol–water partition coefficient (Wildman–Crippen LogP) is 6.53. The number of nitrogens with zero attached hydrogens (tertiary/aromatic N) is 2. The number of para-hydroxylation sites is 2. The molecule has 6 rings (SSSR count). The molecular formula is C36H26N4O6. The number of nitrogens with one attached hydrogen (secondary N) is 2. The van der Waals surface area contributed by atoms with Crippen molar-refractivity contribution in [3.8, 4) is 11.1 Å². The van der Waals surface area contributed by atoms with Crippen LogP contribution in [-0.4, -0.2) is 47.9 Å². The highest BCUT2D eigenvalue weighted by molar-refractivity contribution is 6.16.